The van der Waals surface area contributed by atoms with Gasteiger partial charge in [0.1, 0.15) is 5.75 Å². The van der Waals surface area contributed by atoms with Gasteiger partial charge in [-0.3, -0.25) is 4.79 Å². The zero-order chi connectivity index (χ0) is 16.3. The molecule has 0 heterocycles. The van der Waals surface area contributed by atoms with Gasteiger partial charge in [-0.2, -0.15) is 0 Å². The molecule has 0 unspecified atom stereocenters. The highest BCUT2D eigenvalue weighted by atomic mass is 16.3. The molecule has 0 aromatic heterocycles. The number of nitrogens with zero attached hydrogens (tertiary/aromatic N) is 1. The number of para-hydroxylation sites is 1. The van der Waals surface area contributed by atoms with Crippen molar-refractivity contribution in [1.82, 2.24) is 0 Å². The van der Waals surface area contributed by atoms with Crippen LogP contribution in [0.4, 0.5) is 5.69 Å². The summed E-state index contributed by atoms with van der Waals surface area (Å²) in [6.07, 6.45) is 0.452. The van der Waals surface area contributed by atoms with Gasteiger partial charge in [-0.05, 0) is 61.2 Å². The molecule has 4 heteroatoms. The number of aryl methyl sites for hydroxylation is 2. The third kappa shape index (κ3) is 3.46. The number of hydrogen-bond donors (Lipinski definition) is 2. The van der Waals surface area contributed by atoms with E-state index in [0.717, 1.165) is 22.4 Å². The summed E-state index contributed by atoms with van der Waals surface area (Å²) in [6, 6.07) is 12.2. The van der Waals surface area contributed by atoms with Gasteiger partial charge in [0, 0.05) is 12.7 Å². The van der Waals surface area contributed by atoms with E-state index in [-0.39, 0.29) is 11.7 Å². The van der Waals surface area contributed by atoms with E-state index in [4.69, 9.17) is 5.73 Å². The van der Waals surface area contributed by atoms with Crippen LogP contribution in [0.3, 0.4) is 0 Å². The number of benzene rings is 2. The number of phenols is 1. The Hall–Kier alpha value is -2.33. The van der Waals surface area contributed by atoms with Gasteiger partial charge in [0.15, 0.2) is 0 Å². The normalized spacial score (nSPS) is 12.0. The maximum absolute atomic E-state index is 12.5. The number of nitrogens with two attached hydrogens (primary N) is 1. The lowest BCUT2D eigenvalue weighted by Crippen LogP contribution is -2.43. The molecular formula is C18H22N2O2. The Morgan fingerprint density at radius 2 is 1.73 bits per heavy atom. The molecule has 0 saturated heterocycles. The van der Waals surface area contributed by atoms with Gasteiger partial charge < -0.3 is 15.7 Å². The summed E-state index contributed by atoms with van der Waals surface area (Å²) in [7, 11) is 1.73. The van der Waals surface area contributed by atoms with Crippen molar-refractivity contribution in [1.29, 1.82) is 0 Å². The minimum atomic E-state index is -0.618. The van der Waals surface area contributed by atoms with Crippen LogP contribution in [0, 0.1) is 13.8 Å². The fourth-order valence-corrected chi connectivity index (χ4v) is 2.63. The smallest absolute Gasteiger partial charge is 0.243 e. The molecule has 116 valence electrons. The van der Waals surface area contributed by atoms with E-state index in [1.54, 1.807) is 24.1 Å². The monoisotopic (exact) mass is 298 g/mol. The summed E-state index contributed by atoms with van der Waals surface area (Å²) in [6.45, 7) is 3.83. The second kappa shape index (κ2) is 6.62. The molecule has 0 fully saturated rings. The first-order valence-electron chi connectivity index (χ1n) is 7.27. The Morgan fingerprint density at radius 3 is 2.27 bits per heavy atom. The van der Waals surface area contributed by atoms with Gasteiger partial charge in [0.05, 0.1) is 6.04 Å². The molecule has 0 aliphatic rings. The molecular weight excluding hydrogens is 276 g/mol. The van der Waals surface area contributed by atoms with E-state index >= 15 is 0 Å². The van der Waals surface area contributed by atoms with Gasteiger partial charge >= 0.3 is 0 Å². The van der Waals surface area contributed by atoms with Crippen molar-refractivity contribution in [3.8, 4) is 5.75 Å². The summed E-state index contributed by atoms with van der Waals surface area (Å²) in [5.41, 5.74) is 9.84. The second-order valence-corrected chi connectivity index (χ2v) is 5.60. The molecule has 3 N–H and O–H groups in total. The lowest BCUT2D eigenvalue weighted by atomic mass is 9.95. The van der Waals surface area contributed by atoms with Crippen molar-refractivity contribution in [2.24, 2.45) is 5.73 Å². The first-order valence-corrected chi connectivity index (χ1v) is 7.27. The molecule has 4 nitrogen and oxygen atoms in total. The summed E-state index contributed by atoms with van der Waals surface area (Å²) >= 11 is 0. The number of likely N-dealkylation sites (N-methyl/N-ethyl adjacent to an activating group) is 1. The molecule has 0 saturated carbocycles. The standard InChI is InChI=1S/C18H22N2O2/c1-12-9-15(21)10-13(2)16(12)11-17(19)18(22)20(3)14-7-5-4-6-8-14/h4-10,17,21H,11,19H2,1-3H3/t17-/m1/s1. The van der Waals surface area contributed by atoms with Crippen molar-refractivity contribution < 1.29 is 9.90 Å². The number of rotatable bonds is 4. The molecule has 1 atom stereocenters. The lowest BCUT2D eigenvalue weighted by Gasteiger charge is -2.22. The molecule has 2 rings (SSSR count). The van der Waals surface area contributed by atoms with Crippen LogP contribution in [0.5, 0.6) is 5.75 Å². The molecule has 0 aliphatic heterocycles. The van der Waals surface area contributed by atoms with Crippen LogP contribution in [0.15, 0.2) is 42.5 Å². The summed E-state index contributed by atoms with van der Waals surface area (Å²) in [4.78, 5) is 14.1. The van der Waals surface area contributed by atoms with Crippen LogP contribution in [0.25, 0.3) is 0 Å². The van der Waals surface area contributed by atoms with E-state index in [9.17, 15) is 9.90 Å². The third-order valence-corrected chi connectivity index (χ3v) is 3.90. The Morgan fingerprint density at radius 1 is 1.18 bits per heavy atom. The number of amides is 1. The van der Waals surface area contributed by atoms with Crippen molar-refractivity contribution >= 4 is 11.6 Å². The highest BCUT2D eigenvalue weighted by Crippen LogP contribution is 2.22. The SMILES string of the molecule is Cc1cc(O)cc(C)c1C[C@@H](N)C(=O)N(C)c1ccccc1. The zero-order valence-electron chi connectivity index (χ0n) is 13.2. The Kier molecular flexibility index (Phi) is 4.83. The van der Waals surface area contributed by atoms with Crippen LogP contribution in [-0.2, 0) is 11.2 Å². The topological polar surface area (TPSA) is 66.6 Å². The fraction of sp³-hybridized carbons (Fsp3) is 0.278. The summed E-state index contributed by atoms with van der Waals surface area (Å²) in [5, 5.41) is 9.59. The molecule has 0 spiro atoms. The second-order valence-electron chi connectivity index (χ2n) is 5.60. The number of aromatic hydroxyl groups is 1. The average molecular weight is 298 g/mol. The van der Waals surface area contributed by atoms with Gasteiger partial charge in [0.25, 0.3) is 0 Å². The first-order chi connectivity index (χ1) is 10.4. The van der Waals surface area contributed by atoms with E-state index in [0.29, 0.717) is 6.42 Å². The van der Waals surface area contributed by atoms with Crippen molar-refractivity contribution in [2.75, 3.05) is 11.9 Å². The highest BCUT2D eigenvalue weighted by molar-refractivity contribution is 5.96. The number of hydrogen-bond acceptors (Lipinski definition) is 3. The number of anilines is 1. The molecule has 2 aromatic rings. The molecule has 0 aliphatic carbocycles. The fourth-order valence-electron chi connectivity index (χ4n) is 2.63. The third-order valence-electron chi connectivity index (χ3n) is 3.90. The van der Waals surface area contributed by atoms with Gasteiger partial charge in [-0.1, -0.05) is 18.2 Å². The minimum Gasteiger partial charge on any atom is -0.508 e. The number of carbonyl (C=O) groups excluding carboxylic acids is 1. The van der Waals surface area contributed by atoms with E-state index < -0.39 is 6.04 Å². The van der Waals surface area contributed by atoms with Crippen molar-refractivity contribution in [3.05, 3.63) is 59.2 Å². The summed E-state index contributed by atoms with van der Waals surface area (Å²) in [5.74, 6) is 0.109. The highest BCUT2D eigenvalue weighted by Gasteiger charge is 2.21. The molecule has 22 heavy (non-hydrogen) atoms. The zero-order valence-corrected chi connectivity index (χ0v) is 13.2. The van der Waals surface area contributed by atoms with Crippen LogP contribution < -0.4 is 10.6 Å². The first kappa shape index (κ1) is 16.0. The molecule has 0 bridgehead atoms. The largest absolute Gasteiger partial charge is 0.508 e. The van der Waals surface area contributed by atoms with Crippen molar-refractivity contribution in [3.63, 3.8) is 0 Å². The predicted octanol–water partition coefficient (Wildman–Crippen LogP) is 2.54. The Labute approximate surface area is 131 Å². The van der Waals surface area contributed by atoms with Gasteiger partial charge in [0.2, 0.25) is 5.91 Å². The molecule has 2 aromatic carbocycles. The number of phenolic OH excluding ortho intramolecular Hbond substituents is 1. The Balaban J connectivity index is 2.15. The van der Waals surface area contributed by atoms with Gasteiger partial charge in [-0.15, -0.1) is 0 Å². The van der Waals surface area contributed by atoms with E-state index in [1.807, 2.05) is 44.2 Å². The van der Waals surface area contributed by atoms with Crippen molar-refractivity contribution in [2.45, 2.75) is 26.3 Å². The Bertz CT molecular complexity index is 645. The van der Waals surface area contributed by atoms with Gasteiger partial charge in [-0.25, -0.2) is 0 Å². The maximum atomic E-state index is 12.5. The lowest BCUT2D eigenvalue weighted by molar-refractivity contribution is -0.119. The predicted molar refractivity (Wildman–Crippen MR) is 89.1 cm³/mol. The van der Waals surface area contributed by atoms with Crippen LogP contribution in [-0.4, -0.2) is 24.1 Å². The average Bonchev–Trinajstić information content (AvgIpc) is 2.50. The number of carbonyl (C=O) groups is 1. The van der Waals surface area contributed by atoms with Crippen LogP contribution in [0.1, 0.15) is 16.7 Å². The maximum Gasteiger partial charge on any atom is 0.243 e. The minimum absolute atomic E-state index is 0.127. The quantitative estimate of drug-likeness (QED) is 0.911. The van der Waals surface area contributed by atoms with E-state index in [2.05, 4.69) is 0 Å². The molecule has 0 radical (unpaired) electrons. The summed E-state index contributed by atoms with van der Waals surface area (Å²) < 4.78 is 0. The van der Waals surface area contributed by atoms with Crippen LogP contribution in [0.2, 0.25) is 0 Å². The molecule has 1 amide bonds. The van der Waals surface area contributed by atoms with E-state index in [1.165, 1.54) is 0 Å². The van der Waals surface area contributed by atoms with Crippen LogP contribution >= 0.6 is 0 Å².